The molecule has 0 aliphatic heterocycles. The van der Waals surface area contributed by atoms with E-state index in [2.05, 4.69) is 38.4 Å². The fraction of sp³-hybridized carbons (Fsp3) is 0.368. The molecule has 0 unspecified atom stereocenters. The monoisotopic (exact) mass is 341 g/mol. The van der Waals surface area contributed by atoms with Gasteiger partial charge in [0.15, 0.2) is 0 Å². The number of rotatable bonds is 8. The van der Waals surface area contributed by atoms with Crippen molar-refractivity contribution in [2.24, 2.45) is 7.05 Å². The van der Waals surface area contributed by atoms with E-state index in [-0.39, 0.29) is 5.91 Å². The first-order chi connectivity index (χ1) is 11.7. The van der Waals surface area contributed by atoms with Crippen LogP contribution in [-0.2, 0) is 24.7 Å². The first-order valence-corrected chi connectivity index (χ1v) is 9.31. The smallest absolute Gasteiger partial charge is 0.220 e. The minimum absolute atomic E-state index is 0.150. The number of nitrogens with one attached hydrogen (secondary N) is 1. The normalized spacial score (nSPS) is 11.0. The third kappa shape index (κ3) is 4.23. The van der Waals surface area contributed by atoms with Gasteiger partial charge in [-0.3, -0.25) is 4.79 Å². The van der Waals surface area contributed by atoms with Crippen molar-refractivity contribution in [1.29, 1.82) is 0 Å². The molecule has 0 aliphatic rings. The molecule has 3 rings (SSSR count). The van der Waals surface area contributed by atoms with E-state index in [9.17, 15) is 4.79 Å². The summed E-state index contributed by atoms with van der Waals surface area (Å²) in [5, 5.41) is 5.09. The van der Waals surface area contributed by atoms with E-state index in [1.807, 2.05) is 25.2 Å². The number of carbonyl (C=O) groups is 1. The van der Waals surface area contributed by atoms with Crippen molar-refractivity contribution >= 4 is 28.3 Å². The van der Waals surface area contributed by atoms with Crippen LogP contribution in [0, 0.1) is 0 Å². The van der Waals surface area contributed by atoms with Gasteiger partial charge in [-0.15, -0.1) is 11.3 Å². The van der Waals surface area contributed by atoms with Gasteiger partial charge in [-0.1, -0.05) is 18.2 Å². The van der Waals surface area contributed by atoms with E-state index in [4.69, 9.17) is 0 Å². The second-order valence-corrected chi connectivity index (χ2v) is 6.99. The highest BCUT2D eigenvalue weighted by molar-refractivity contribution is 7.09. The fourth-order valence-electron chi connectivity index (χ4n) is 2.86. The predicted molar refractivity (Wildman–Crippen MR) is 99.3 cm³/mol. The number of carbonyl (C=O) groups excluding carboxylic acids is 1. The first-order valence-electron chi connectivity index (χ1n) is 8.43. The van der Waals surface area contributed by atoms with Crippen molar-refractivity contribution in [3.8, 4) is 0 Å². The van der Waals surface area contributed by atoms with Crippen LogP contribution in [0.1, 0.15) is 30.0 Å². The van der Waals surface area contributed by atoms with Crippen molar-refractivity contribution in [3.05, 3.63) is 52.5 Å². The lowest BCUT2D eigenvalue weighted by atomic mass is 10.2. The molecule has 5 heteroatoms. The Morgan fingerprint density at radius 1 is 1.17 bits per heavy atom. The summed E-state index contributed by atoms with van der Waals surface area (Å²) in [7, 11) is 2.05. The second-order valence-electron chi connectivity index (χ2n) is 5.96. The maximum absolute atomic E-state index is 11.9. The Balaban J connectivity index is 1.37. The van der Waals surface area contributed by atoms with Crippen LogP contribution in [0.4, 0.5) is 0 Å². The largest absolute Gasteiger partial charge is 0.356 e. The van der Waals surface area contributed by atoms with Crippen LogP contribution in [0.25, 0.3) is 11.0 Å². The van der Waals surface area contributed by atoms with E-state index < -0.39 is 0 Å². The van der Waals surface area contributed by atoms with Crippen LogP contribution >= 0.6 is 11.3 Å². The van der Waals surface area contributed by atoms with Crippen LogP contribution in [0.15, 0.2) is 41.8 Å². The molecule has 0 spiro atoms. The number of aryl methyl sites for hydroxylation is 3. The average Bonchev–Trinajstić information content (AvgIpc) is 3.21. The lowest BCUT2D eigenvalue weighted by Gasteiger charge is -2.05. The number of hydrogen-bond donors (Lipinski definition) is 1. The van der Waals surface area contributed by atoms with Crippen LogP contribution in [0.2, 0.25) is 0 Å². The van der Waals surface area contributed by atoms with E-state index >= 15 is 0 Å². The summed E-state index contributed by atoms with van der Waals surface area (Å²) >= 11 is 1.76. The molecule has 4 nitrogen and oxygen atoms in total. The van der Waals surface area contributed by atoms with Gasteiger partial charge in [0, 0.05) is 31.3 Å². The number of amides is 1. The van der Waals surface area contributed by atoms with E-state index in [0.717, 1.165) is 42.5 Å². The van der Waals surface area contributed by atoms with Gasteiger partial charge in [-0.2, -0.15) is 0 Å². The first kappa shape index (κ1) is 16.7. The van der Waals surface area contributed by atoms with Gasteiger partial charge in [0.2, 0.25) is 5.91 Å². The van der Waals surface area contributed by atoms with Crippen LogP contribution < -0.4 is 5.32 Å². The maximum atomic E-state index is 11.9. The lowest BCUT2D eigenvalue weighted by molar-refractivity contribution is -0.121. The number of fused-ring (bicyclic) bond motifs is 1. The molecule has 0 radical (unpaired) electrons. The summed E-state index contributed by atoms with van der Waals surface area (Å²) in [5.41, 5.74) is 2.19. The van der Waals surface area contributed by atoms with Crippen molar-refractivity contribution < 1.29 is 4.79 Å². The zero-order chi connectivity index (χ0) is 16.8. The number of nitrogens with zero attached hydrogens (tertiary/aromatic N) is 2. The third-order valence-electron chi connectivity index (χ3n) is 4.19. The van der Waals surface area contributed by atoms with Gasteiger partial charge in [0.1, 0.15) is 5.82 Å². The molecular weight excluding hydrogens is 318 g/mol. The highest BCUT2D eigenvalue weighted by Gasteiger charge is 2.07. The summed E-state index contributed by atoms with van der Waals surface area (Å²) in [6.45, 7) is 0.709. The van der Waals surface area contributed by atoms with Gasteiger partial charge in [-0.05, 0) is 42.8 Å². The van der Waals surface area contributed by atoms with E-state index in [1.165, 1.54) is 4.88 Å². The molecule has 2 aromatic heterocycles. The van der Waals surface area contributed by atoms with Gasteiger partial charge >= 0.3 is 0 Å². The average molecular weight is 341 g/mol. The standard InChI is InChI=1S/C19H23N3OS/c1-22-17-10-3-2-9-16(17)21-18(22)11-5-13-20-19(23)12-4-7-15-8-6-14-24-15/h2-3,6,8-10,14H,4-5,7,11-13H2,1H3,(H,20,23). The zero-order valence-electron chi connectivity index (χ0n) is 14.0. The topological polar surface area (TPSA) is 46.9 Å². The van der Waals surface area contributed by atoms with Gasteiger partial charge in [0.05, 0.1) is 11.0 Å². The van der Waals surface area contributed by atoms with Crippen molar-refractivity contribution in [2.75, 3.05) is 6.54 Å². The molecule has 3 aromatic rings. The number of thiophene rings is 1. The Kier molecular flexibility index (Phi) is 5.64. The minimum atomic E-state index is 0.150. The van der Waals surface area contributed by atoms with Crippen LogP contribution in [-0.4, -0.2) is 22.0 Å². The molecular formula is C19H23N3OS. The van der Waals surface area contributed by atoms with Crippen LogP contribution in [0.3, 0.4) is 0 Å². The highest BCUT2D eigenvalue weighted by Crippen LogP contribution is 2.15. The molecule has 0 saturated carbocycles. The molecule has 2 heterocycles. The van der Waals surface area contributed by atoms with E-state index in [1.54, 1.807) is 11.3 Å². The molecule has 0 atom stereocenters. The molecule has 0 aliphatic carbocycles. The highest BCUT2D eigenvalue weighted by atomic mass is 32.1. The Labute approximate surface area is 146 Å². The summed E-state index contributed by atoms with van der Waals surface area (Å²) in [6, 6.07) is 12.3. The number of para-hydroxylation sites is 2. The van der Waals surface area contributed by atoms with Crippen LogP contribution in [0.5, 0.6) is 0 Å². The number of aromatic nitrogens is 2. The van der Waals surface area contributed by atoms with Gasteiger partial charge in [0.25, 0.3) is 0 Å². The molecule has 0 bridgehead atoms. The number of imidazole rings is 1. The van der Waals surface area contributed by atoms with Crippen molar-refractivity contribution in [3.63, 3.8) is 0 Å². The van der Waals surface area contributed by atoms with E-state index in [0.29, 0.717) is 13.0 Å². The molecule has 0 fully saturated rings. The Hall–Kier alpha value is -2.14. The van der Waals surface area contributed by atoms with Gasteiger partial charge in [-0.25, -0.2) is 4.98 Å². The van der Waals surface area contributed by atoms with Crippen molar-refractivity contribution in [2.45, 2.75) is 32.1 Å². The fourth-order valence-corrected chi connectivity index (χ4v) is 3.61. The molecule has 126 valence electrons. The Morgan fingerprint density at radius 3 is 2.83 bits per heavy atom. The Bertz CT molecular complexity index is 792. The quantitative estimate of drug-likeness (QED) is 0.635. The summed E-state index contributed by atoms with van der Waals surface area (Å²) in [6.07, 6.45) is 4.29. The molecule has 1 aromatic carbocycles. The second kappa shape index (κ2) is 8.11. The minimum Gasteiger partial charge on any atom is -0.356 e. The molecule has 0 saturated heterocycles. The van der Waals surface area contributed by atoms with Crippen molar-refractivity contribution in [1.82, 2.24) is 14.9 Å². The number of benzene rings is 1. The number of hydrogen-bond acceptors (Lipinski definition) is 3. The third-order valence-corrected chi connectivity index (χ3v) is 5.12. The molecule has 1 N–H and O–H groups in total. The van der Waals surface area contributed by atoms with Gasteiger partial charge < -0.3 is 9.88 Å². The molecule has 24 heavy (non-hydrogen) atoms. The Morgan fingerprint density at radius 2 is 2.04 bits per heavy atom. The predicted octanol–water partition coefficient (Wildman–Crippen LogP) is 3.71. The summed E-state index contributed by atoms with van der Waals surface area (Å²) < 4.78 is 2.14. The lowest BCUT2D eigenvalue weighted by Crippen LogP contribution is -2.24. The maximum Gasteiger partial charge on any atom is 0.220 e. The SMILES string of the molecule is Cn1c(CCCNC(=O)CCCc2cccs2)nc2ccccc21. The molecule has 1 amide bonds. The summed E-state index contributed by atoms with van der Waals surface area (Å²) in [4.78, 5) is 17.9. The zero-order valence-corrected chi connectivity index (χ0v) is 14.8. The summed E-state index contributed by atoms with van der Waals surface area (Å²) in [5.74, 6) is 1.22.